The van der Waals surface area contributed by atoms with Crippen LogP contribution in [0.4, 0.5) is 5.95 Å². The molecular formula is C19H26N6O. The average molecular weight is 354 g/mol. The van der Waals surface area contributed by atoms with Crippen molar-refractivity contribution in [3.63, 3.8) is 0 Å². The van der Waals surface area contributed by atoms with E-state index in [1.807, 2.05) is 19.9 Å². The molecule has 2 bridgehead atoms. The molecule has 0 aromatic carbocycles. The summed E-state index contributed by atoms with van der Waals surface area (Å²) in [6, 6.07) is 1.92. The lowest BCUT2D eigenvalue weighted by atomic mass is 9.96. The lowest BCUT2D eigenvalue weighted by Gasteiger charge is -2.19. The summed E-state index contributed by atoms with van der Waals surface area (Å²) < 4.78 is 5.46. The Balaban J connectivity index is 1.58. The van der Waals surface area contributed by atoms with E-state index in [1.54, 1.807) is 7.11 Å². The number of guanidine groups is 1. The lowest BCUT2D eigenvalue weighted by molar-refractivity contribution is 0.143. The summed E-state index contributed by atoms with van der Waals surface area (Å²) in [6.45, 7) is 4.45. The van der Waals surface area contributed by atoms with Crippen LogP contribution in [-0.4, -0.2) is 35.7 Å². The van der Waals surface area contributed by atoms with Crippen molar-refractivity contribution in [1.29, 1.82) is 0 Å². The van der Waals surface area contributed by atoms with Gasteiger partial charge in [0, 0.05) is 43.4 Å². The molecular weight excluding hydrogens is 328 g/mol. The van der Waals surface area contributed by atoms with Crippen molar-refractivity contribution in [3.8, 4) is 0 Å². The molecule has 3 rings (SSSR count). The Morgan fingerprint density at radius 2 is 2.15 bits per heavy atom. The van der Waals surface area contributed by atoms with Crippen LogP contribution in [0.1, 0.15) is 30.7 Å². The number of aliphatic imine (C=N–C) groups is 1. The molecule has 2 heterocycles. The zero-order valence-corrected chi connectivity index (χ0v) is 15.5. The SMILES string of the molecule is COC1C=C2CC(=CC1)C(CCN=C(N)Nc1nc(C)cc(C)n1)=CN2. The van der Waals surface area contributed by atoms with E-state index < -0.39 is 0 Å². The Kier molecular flexibility index (Phi) is 5.68. The van der Waals surface area contributed by atoms with Crippen LogP contribution in [0, 0.1) is 13.8 Å². The summed E-state index contributed by atoms with van der Waals surface area (Å²) in [6.07, 6.45) is 9.24. The maximum Gasteiger partial charge on any atom is 0.229 e. The number of nitrogens with two attached hydrogens (primary N) is 1. The molecule has 2 aliphatic rings. The molecule has 26 heavy (non-hydrogen) atoms. The van der Waals surface area contributed by atoms with Crippen LogP contribution in [0.25, 0.3) is 0 Å². The highest BCUT2D eigenvalue weighted by atomic mass is 16.5. The third kappa shape index (κ3) is 4.70. The fraction of sp³-hybridized carbons (Fsp3) is 0.421. The second kappa shape index (κ2) is 8.14. The molecule has 7 heteroatoms. The Bertz CT molecular complexity index is 773. The minimum atomic E-state index is 0.137. The summed E-state index contributed by atoms with van der Waals surface area (Å²) in [5, 5.41) is 6.32. The van der Waals surface area contributed by atoms with E-state index in [2.05, 4.69) is 43.9 Å². The van der Waals surface area contributed by atoms with Crippen molar-refractivity contribution < 1.29 is 4.74 Å². The minimum Gasteiger partial charge on any atom is -0.377 e. The Labute approximate surface area is 154 Å². The first-order valence-electron chi connectivity index (χ1n) is 8.81. The second-order valence-corrected chi connectivity index (χ2v) is 6.54. The highest BCUT2D eigenvalue weighted by Gasteiger charge is 2.18. The van der Waals surface area contributed by atoms with Crippen LogP contribution >= 0.6 is 0 Å². The third-order valence-electron chi connectivity index (χ3n) is 4.40. The van der Waals surface area contributed by atoms with Crippen molar-refractivity contribution in [3.05, 3.63) is 52.6 Å². The van der Waals surface area contributed by atoms with Gasteiger partial charge in [-0.15, -0.1) is 0 Å². The smallest absolute Gasteiger partial charge is 0.229 e. The van der Waals surface area contributed by atoms with Gasteiger partial charge in [-0.2, -0.15) is 0 Å². The number of nitrogens with one attached hydrogen (secondary N) is 2. The van der Waals surface area contributed by atoms with Gasteiger partial charge in [0.2, 0.25) is 5.95 Å². The highest BCUT2D eigenvalue weighted by Crippen LogP contribution is 2.29. The van der Waals surface area contributed by atoms with Crippen molar-refractivity contribution in [2.45, 2.75) is 39.2 Å². The first kappa shape index (κ1) is 18.1. The third-order valence-corrected chi connectivity index (χ3v) is 4.40. The second-order valence-electron chi connectivity index (χ2n) is 6.54. The maximum atomic E-state index is 5.97. The molecule has 1 unspecified atom stereocenters. The van der Waals surface area contributed by atoms with E-state index in [9.17, 15) is 0 Å². The molecule has 7 nitrogen and oxygen atoms in total. The highest BCUT2D eigenvalue weighted by molar-refractivity contribution is 5.90. The van der Waals surface area contributed by atoms with E-state index in [-0.39, 0.29) is 6.10 Å². The monoisotopic (exact) mass is 354 g/mol. The van der Waals surface area contributed by atoms with Crippen LogP contribution in [0.3, 0.4) is 0 Å². The van der Waals surface area contributed by atoms with Gasteiger partial charge in [0.15, 0.2) is 5.96 Å². The van der Waals surface area contributed by atoms with Crippen molar-refractivity contribution >= 4 is 11.9 Å². The van der Waals surface area contributed by atoms with Crippen molar-refractivity contribution in [1.82, 2.24) is 15.3 Å². The molecule has 1 aliphatic heterocycles. The largest absolute Gasteiger partial charge is 0.377 e. The molecule has 4 N–H and O–H groups in total. The topological polar surface area (TPSA) is 97.5 Å². The predicted octanol–water partition coefficient (Wildman–Crippen LogP) is 2.32. The Morgan fingerprint density at radius 1 is 1.38 bits per heavy atom. The molecule has 0 saturated heterocycles. The Morgan fingerprint density at radius 3 is 2.88 bits per heavy atom. The zero-order chi connectivity index (χ0) is 18.5. The number of methoxy groups -OCH3 is 1. The number of fused-ring (bicyclic) bond motifs is 2. The first-order chi connectivity index (χ1) is 12.5. The molecule has 1 aromatic rings. The quantitative estimate of drug-likeness (QED) is 0.554. The van der Waals surface area contributed by atoms with Gasteiger partial charge in [0.05, 0.1) is 6.10 Å². The van der Waals surface area contributed by atoms with Gasteiger partial charge in [0.1, 0.15) is 0 Å². The average Bonchev–Trinajstić information content (AvgIpc) is 2.75. The van der Waals surface area contributed by atoms with E-state index in [0.717, 1.165) is 30.7 Å². The lowest BCUT2D eigenvalue weighted by Crippen LogP contribution is -2.24. The standard InChI is InChI=1S/C19H26N6O/c1-12-8-13(2)24-19(23-12)25-18(20)21-7-6-15-11-22-16-9-14(15)4-5-17(10-16)26-3/h4,8,10-11,17,22H,5-7,9H2,1-3H3,(H3,20,21,23,24,25). The van der Waals surface area contributed by atoms with Crippen LogP contribution in [0.15, 0.2) is 46.3 Å². The number of anilines is 1. The number of hydrogen-bond acceptors (Lipinski definition) is 5. The zero-order valence-electron chi connectivity index (χ0n) is 15.5. The molecule has 1 atom stereocenters. The normalized spacial score (nSPS) is 19.7. The van der Waals surface area contributed by atoms with Gasteiger partial charge in [-0.05, 0) is 50.0 Å². The molecule has 138 valence electrons. The summed E-state index contributed by atoms with van der Waals surface area (Å²) in [5.74, 6) is 0.809. The predicted molar refractivity (Wildman–Crippen MR) is 104 cm³/mol. The number of nitrogens with zero attached hydrogens (tertiary/aromatic N) is 3. The molecule has 0 spiro atoms. The fourth-order valence-electron chi connectivity index (χ4n) is 3.13. The van der Waals surface area contributed by atoms with Crippen LogP contribution in [-0.2, 0) is 4.74 Å². The van der Waals surface area contributed by atoms with Crippen molar-refractivity contribution in [2.24, 2.45) is 10.7 Å². The van der Waals surface area contributed by atoms with E-state index in [4.69, 9.17) is 10.5 Å². The molecule has 0 radical (unpaired) electrons. The number of aromatic nitrogens is 2. The molecule has 0 saturated carbocycles. The number of allylic oxidation sites excluding steroid dienone is 1. The molecule has 0 amide bonds. The number of hydrogen-bond donors (Lipinski definition) is 3. The van der Waals surface area contributed by atoms with Crippen molar-refractivity contribution in [2.75, 3.05) is 19.0 Å². The summed E-state index contributed by atoms with van der Waals surface area (Å²) >= 11 is 0. The maximum absolute atomic E-state index is 5.97. The van der Waals surface area contributed by atoms with Gasteiger partial charge in [-0.3, -0.25) is 10.3 Å². The van der Waals surface area contributed by atoms with Gasteiger partial charge in [-0.25, -0.2) is 9.97 Å². The molecule has 1 aromatic heterocycles. The van der Waals surface area contributed by atoms with Crippen LogP contribution < -0.4 is 16.4 Å². The first-order valence-corrected chi connectivity index (χ1v) is 8.81. The summed E-state index contributed by atoms with van der Waals surface area (Å²) in [4.78, 5) is 13.0. The summed E-state index contributed by atoms with van der Waals surface area (Å²) in [5.41, 5.74) is 11.6. The number of rotatable bonds is 5. The van der Waals surface area contributed by atoms with Gasteiger partial charge < -0.3 is 15.8 Å². The van der Waals surface area contributed by atoms with E-state index >= 15 is 0 Å². The minimum absolute atomic E-state index is 0.137. The summed E-state index contributed by atoms with van der Waals surface area (Å²) in [7, 11) is 1.74. The Hall–Kier alpha value is -2.67. The van der Waals surface area contributed by atoms with Crippen LogP contribution in [0.2, 0.25) is 0 Å². The fourth-order valence-corrected chi connectivity index (χ4v) is 3.13. The van der Waals surface area contributed by atoms with Gasteiger partial charge in [0.25, 0.3) is 0 Å². The molecule has 0 fully saturated rings. The number of aryl methyl sites for hydroxylation is 2. The van der Waals surface area contributed by atoms with E-state index in [0.29, 0.717) is 18.5 Å². The number of ether oxygens (including phenoxy) is 1. The van der Waals surface area contributed by atoms with E-state index in [1.165, 1.54) is 16.8 Å². The molecule has 1 aliphatic carbocycles. The van der Waals surface area contributed by atoms with Gasteiger partial charge in [-0.1, -0.05) is 6.08 Å². The van der Waals surface area contributed by atoms with Gasteiger partial charge >= 0.3 is 0 Å². The van der Waals surface area contributed by atoms with Crippen LogP contribution in [0.5, 0.6) is 0 Å².